The van der Waals surface area contributed by atoms with Crippen LogP contribution in [0.5, 0.6) is 0 Å². The largest absolute Gasteiger partial charge is 0.295 e. The number of ketones is 1. The number of thiophene rings is 1. The third-order valence-electron chi connectivity index (χ3n) is 2.62. The number of carbonyl (C=O) groups excluding carboxylic acids is 1. The molecule has 4 nitrogen and oxygen atoms in total. The zero-order valence-electron chi connectivity index (χ0n) is 10.6. The van der Waals surface area contributed by atoms with E-state index in [-0.39, 0.29) is 17.2 Å². The first-order valence-corrected chi connectivity index (χ1v) is 8.41. The minimum Gasteiger partial charge on any atom is -0.295 e. The van der Waals surface area contributed by atoms with Gasteiger partial charge in [-0.15, -0.1) is 11.3 Å². The summed E-state index contributed by atoms with van der Waals surface area (Å²) in [6, 6.07) is 9.43. The van der Waals surface area contributed by atoms with E-state index in [9.17, 15) is 13.2 Å². The Kier molecular flexibility index (Phi) is 4.59. The summed E-state index contributed by atoms with van der Waals surface area (Å²) in [5.41, 5.74) is 0.368. The van der Waals surface area contributed by atoms with E-state index in [1.807, 2.05) is 0 Å². The predicted octanol–water partition coefficient (Wildman–Crippen LogP) is 3.08. The van der Waals surface area contributed by atoms with Gasteiger partial charge < -0.3 is 0 Å². The smallest absolute Gasteiger partial charge is 0.240 e. The van der Waals surface area contributed by atoms with Crippen molar-refractivity contribution in [1.29, 1.82) is 0 Å². The minimum atomic E-state index is -3.64. The maximum Gasteiger partial charge on any atom is 0.240 e. The van der Waals surface area contributed by atoms with Crippen LogP contribution in [0.25, 0.3) is 0 Å². The lowest BCUT2D eigenvalue weighted by Gasteiger charge is -2.06. The van der Waals surface area contributed by atoms with Gasteiger partial charge in [-0.3, -0.25) is 4.79 Å². The Morgan fingerprint density at radius 3 is 2.65 bits per heavy atom. The molecule has 0 unspecified atom stereocenters. The molecule has 2 aromatic rings. The molecule has 0 aliphatic rings. The van der Waals surface area contributed by atoms with Gasteiger partial charge in [0, 0.05) is 17.0 Å². The molecule has 20 heavy (non-hydrogen) atoms. The molecule has 1 aromatic carbocycles. The van der Waals surface area contributed by atoms with E-state index in [1.54, 1.807) is 24.3 Å². The molecule has 0 aliphatic carbocycles. The first-order chi connectivity index (χ1) is 9.38. The van der Waals surface area contributed by atoms with E-state index in [1.165, 1.54) is 30.4 Å². The van der Waals surface area contributed by atoms with Crippen LogP contribution < -0.4 is 4.72 Å². The molecule has 106 valence electrons. The van der Waals surface area contributed by atoms with E-state index < -0.39 is 10.0 Å². The highest BCUT2D eigenvalue weighted by Gasteiger charge is 2.15. The van der Waals surface area contributed by atoms with Crippen molar-refractivity contribution in [3.63, 3.8) is 0 Å². The van der Waals surface area contributed by atoms with Gasteiger partial charge in [-0.05, 0) is 31.2 Å². The van der Waals surface area contributed by atoms with E-state index in [2.05, 4.69) is 4.72 Å². The Balaban J connectivity index is 2.17. The summed E-state index contributed by atoms with van der Waals surface area (Å²) in [6.07, 6.45) is 0. The second-order valence-corrected chi connectivity index (χ2v) is 7.68. The molecule has 0 amide bonds. The molecule has 0 saturated heterocycles. The molecule has 0 aliphatic heterocycles. The lowest BCUT2D eigenvalue weighted by atomic mass is 10.2. The summed E-state index contributed by atoms with van der Waals surface area (Å²) in [6.45, 7) is 1.57. The van der Waals surface area contributed by atoms with Crippen molar-refractivity contribution < 1.29 is 13.2 Å². The number of rotatable bonds is 5. The van der Waals surface area contributed by atoms with Crippen LogP contribution in [0, 0.1) is 0 Å². The lowest BCUT2D eigenvalue weighted by Crippen LogP contribution is -2.23. The summed E-state index contributed by atoms with van der Waals surface area (Å²) in [5, 5.41) is 0. The zero-order chi connectivity index (χ0) is 14.8. The fourth-order valence-corrected chi connectivity index (χ4v) is 3.75. The molecule has 1 heterocycles. The van der Waals surface area contributed by atoms with Gasteiger partial charge in [0.05, 0.1) is 9.23 Å². The fourth-order valence-electron chi connectivity index (χ4n) is 1.58. The van der Waals surface area contributed by atoms with Crippen molar-refractivity contribution in [1.82, 2.24) is 4.72 Å². The summed E-state index contributed by atoms with van der Waals surface area (Å²) in [4.78, 5) is 12.2. The second-order valence-electron chi connectivity index (χ2n) is 4.11. The van der Waals surface area contributed by atoms with E-state index >= 15 is 0 Å². The number of sulfonamides is 1. The van der Waals surface area contributed by atoms with Crippen LogP contribution in [0.2, 0.25) is 4.34 Å². The van der Waals surface area contributed by atoms with Gasteiger partial charge >= 0.3 is 0 Å². The van der Waals surface area contributed by atoms with Gasteiger partial charge in [-0.25, -0.2) is 13.1 Å². The Labute approximate surface area is 126 Å². The summed E-state index contributed by atoms with van der Waals surface area (Å²) in [5.74, 6) is -0.174. The molecule has 0 bridgehead atoms. The van der Waals surface area contributed by atoms with Crippen LogP contribution in [0.1, 0.15) is 22.2 Å². The third-order valence-corrected chi connectivity index (χ3v) is 5.25. The topological polar surface area (TPSA) is 63.2 Å². The van der Waals surface area contributed by atoms with Crippen LogP contribution >= 0.6 is 22.9 Å². The van der Waals surface area contributed by atoms with Crippen molar-refractivity contribution >= 4 is 38.7 Å². The van der Waals surface area contributed by atoms with Crippen molar-refractivity contribution in [2.75, 3.05) is 0 Å². The average molecular weight is 330 g/mol. The Bertz CT molecular complexity index is 738. The van der Waals surface area contributed by atoms with Crippen LogP contribution in [0.4, 0.5) is 0 Å². The standard InChI is InChI=1S/C13H12ClNO3S2/c1-9(16)10-3-2-4-12(7-10)20(17,18)15-8-11-5-6-13(14)19-11/h2-7,15H,8H2,1H3. The van der Waals surface area contributed by atoms with Gasteiger partial charge in [-0.2, -0.15) is 0 Å². The highest BCUT2D eigenvalue weighted by atomic mass is 35.5. The summed E-state index contributed by atoms with van der Waals surface area (Å²) in [7, 11) is -3.64. The normalized spacial score (nSPS) is 11.5. The number of Topliss-reactive ketones (excluding diaryl/α,β-unsaturated/α-hetero) is 1. The molecule has 7 heteroatoms. The van der Waals surface area contributed by atoms with Gasteiger partial charge in [-0.1, -0.05) is 23.7 Å². The molecule has 2 rings (SSSR count). The van der Waals surface area contributed by atoms with E-state index in [4.69, 9.17) is 11.6 Å². The van der Waals surface area contributed by atoms with Crippen LogP contribution in [-0.2, 0) is 16.6 Å². The van der Waals surface area contributed by atoms with Crippen molar-refractivity contribution in [2.45, 2.75) is 18.4 Å². The fraction of sp³-hybridized carbons (Fsp3) is 0.154. The molecular weight excluding hydrogens is 318 g/mol. The molecule has 0 fully saturated rings. The Hall–Kier alpha value is -1.21. The molecule has 1 aromatic heterocycles. The van der Waals surface area contributed by atoms with E-state index in [0.717, 1.165) is 4.88 Å². The van der Waals surface area contributed by atoms with Gasteiger partial charge in [0.1, 0.15) is 0 Å². The number of carbonyl (C=O) groups is 1. The quantitative estimate of drug-likeness (QED) is 0.857. The third kappa shape index (κ3) is 3.67. The molecule has 0 radical (unpaired) electrons. The van der Waals surface area contributed by atoms with Crippen molar-refractivity contribution in [2.24, 2.45) is 0 Å². The first-order valence-electron chi connectivity index (χ1n) is 5.73. The molecule has 0 atom stereocenters. The second kappa shape index (κ2) is 6.05. The van der Waals surface area contributed by atoms with Gasteiger partial charge in [0.25, 0.3) is 0 Å². The molecule has 0 saturated carbocycles. The van der Waals surface area contributed by atoms with Crippen molar-refractivity contribution in [3.05, 3.63) is 51.2 Å². The molecule has 0 spiro atoms. The van der Waals surface area contributed by atoms with Crippen molar-refractivity contribution in [3.8, 4) is 0 Å². The Morgan fingerprint density at radius 2 is 2.05 bits per heavy atom. The minimum absolute atomic E-state index is 0.0767. The van der Waals surface area contributed by atoms with Crippen LogP contribution in [0.15, 0.2) is 41.3 Å². The SMILES string of the molecule is CC(=O)c1cccc(S(=O)(=O)NCc2ccc(Cl)s2)c1. The number of hydrogen-bond donors (Lipinski definition) is 1. The monoisotopic (exact) mass is 329 g/mol. The highest BCUT2D eigenvalue weighted by molar-refractivity contribution is 7.89. The number of benzene rings is 1. The molecular formula is C13H12ClNO3S2. The first kappa shape index (κ1) is 15.2. The van der Waals surface area contributed by atoms with E-state index in [0.29, 0.717) is 9.90 Å². The molecule has 1 N–H and O–H groups in total. The Morgan fingerprint density at radius 1 is 1.30 bits per heavy atom. The van der Waals surface area contributed by atoms with Gasteiger partial charge in [0.15, 0.2) is 5.78 Å². The number of halogens is 1. The van der Waals surface area contributed by atoms with Gasteiger partial charge in [0.2, 0.25) is 10.0 Å². The highest BCUT2D eigenvalue weighted by Crippen LogP contribution is 2.21. The zero-order valence-corrected chi connectivity index (χ0v) is 13.0. The number of nitrogens with one attached hydrogen (secondary N) is 1. The number of hydrogen-bond acceptors (Lipinski definition) is 4. The van der Waals surface area contributed by atoms with Crippen LogP contribution in [-0.4, -0.2) is 14.2 Å². The van der Waals surface area contributed by atoms with Crippen LogP contribution in [0.3, 0.4) is 0 Å². The predicted molar refractivity (Wildman–Crippen MR) is 79.8 cm³/mol. The average Bonchev–Trinajstić information content (AvgIpc) is 2.82. The maximum absolute atomic E-state index is 12.1. The maximum atomic E-state index is 12.1. The summed E-state index contributed by atoms with van der Waals surface area (Å²) >= 11 is 7.10. The summed E-state index contributed by atoms with van der Waals surface area (Å²) < 4.78 is 27.4. The lowest BCUT2D eigenvalue weighted by molar-refractivity contribution is 0.101.